The molecule has 0 atom stereocenters. The number of rotatable bonds is 5. The van der Waals surface area contributed by atoms with Crippen molar-refractivity contribution in [1.29, 1.82) is 0 Å². The summed E-state index contributed by atoms with van der Waals surface area (Å²) in [6.07, 6.45) is 1.36. The Morgan fingerprint density at radius 2 is 2.14 bits per heavy atom. The van der Waals surface area contributed by atoms with Crippen LogP contribution in [0.2, 0.25) is 0 Å². The molecular formula is C18H12N6O2S2. The number of thiophene rings is 1. The molecule has 0 bridgehead atoms. The van der Waals surface area contributed by atoms with Crippen molar-refractivity contribution in [2.24, 2.45) is 0 Å². The Bertz CT molecular complexity index is 1290. The number of thioether (sulfide) groups is 1. The van der Waals surface area contributed by atoms with Gasteiger partial charge in [0, 0.05) is 11.8 Å². The van der Waals surface area contributed by atoms with E-state index in [2.05, 4.69) is 25.3 Å². The number of hydrogen-bond donors (Lipinski definition) is 1. The fraction of sp³-hybridized carbons (Fsp3) is 0.0556. The number of aromatic amines is 1. The maximum Gasteiger partial charge on any atom is 0.269 e. The second kappa shape index (κ2) is 7.06. The number of nitrogens with one attached hydrogen (secondary N) is 1. The van der Waals surface area contributed by atoms with Crippen LogP contribution in [0.1, 0.15) is 5.69 Å². The fourth-order valence-electron chi connectivity index (χ4n) is 2.76. The van der Waals surface area contributed by atoms with Gasteiger partial charge in [-0.2, -0.15) is 10.1 Å². The van der Waals surface area contributed by atoms with E-state index >= 15 is 0 Å². The van der Waals surface area contributed by atoms with Gasteiger partial charge in [-0.05, 0) is 23.6 Å². The number of H-pyrrole nitrogens is 1. The van der Waals surface area contributed by atoms with Gasteiger partial charge in [-0.15, -0.1) is 11.3 Å². The van der Waals surface area contributed by atoms with Gasteiger partial charge in [0.1, 0.15) is 6.33 Å². The quantitative estimate of drug-likeness (QED) is 0.351. The molecule has 5 rings (SSSR count). The van der Waals surface area contributed by atoms with Gasteiger partial charge in [-0.3, -0.25) is 4.79 Å². The topological polar surface area (TPSA) is 102 Å². The summed E-state index contributed by atoms with van der Waals surface area (Å²) in [4.78, 5) is 22.8. The second-order valence-corrected chi connectivity index (χ2v) is 7.70. The third-order valence-corrected chi connectivity index (χ3v) is 5.89. The van der Waals surface area contributed by atoms with Gasteiger partial charge in [0.25, 0.3) is 5.56 Å². The van der Waals surface area contributed by atoms with Crippen LogP contribution in [-0.2, 0) is 5.75 Å². The summed E-state index contributed by atoms with van der Waals surface area (Å²) in [5.74, 6) is 1.54. The van der Waals surface area contributed by atoms with Crippen molar-refractivity contribution in [3.05, 3.63) is 70.2 Å². The summed E-state index contributed by atoms with van der Waals surface area (Å²) in [7, 11) is 0. The highest BCUT2D eigenvalue weighted by atomic mass is 32.2. The van der Waals surface area contributed by atoms with Gasteiger partial charge in [-0.1, -0.05) is 35.1 Å². The van der Waals surface area contributed by atoms with E-state index < -0.39 is 0 Å². The van der Waals surface area contributed by atoms with Crippen LogP contribution >= 0.6 is 23.1 Å². The minimum Gasteiger partial charge on any atom is -0.355 e. The van der Waals surface area contributed by atoms with Crippen LogP contribution in [-0.4, -0.2) is 29.9 Å². The molecule has 0 saturated carbocycles. The van der Waals surface area contributed by atoms with E-state index in [0.29, 0.717) is 27.8 Å². The molecular weight excluding hydrogens is 396 g/mol. The molecule has 0 saturated heterocycles. The first-order valence-corrected chi connectivity index (χ1v) is 10.2. The Balaban J connectivity index is 1.52. The zero-order valence-corrected chi connectivity index (χ0v) is 15.9. The number of fused-ring (bicyclic) bond motifs is 1. The third kappa shape index (κ3) is 3.02. The fourth-order valence-corrected chi connectivity index (χ4v) is 4.30. The first-order valence-electron chi connectivity index (χ1n) is 8.29. The zero-order valence-electron chi connectivity index (χ0n) is 14.3. The third-order valence-electron chi connectivity index (χ3n) is 4.03. The molecule has 0 aliphatic rings. The van der Waals surface area contributed by atoms with Crippen molar-refractivity contribution in [3.63, 3.8) is 0 Å². The van der Waals surface area contributed by atoms with Gasteiger partial charge in [0.15, 0.2) is 10.9 Å². The summed E-state index contributed by atoms with van der Waals surface area (Å²) in [6.45, 7) is 0. The Labute approximate surface area is 166 Å². The van der Waals surface area contributed by atoms with E-state index in [1.807, 2.05) is 41.8 Å². The predicted octanol–water partition coefficient (Wildman–Crippen LogP) is 3.51. The van der Waals surface area contributed by atoms with Crippen LogP contribution in [0.4, 0.5) is 0 Å². The number of aromatic nitrogens is 6. The first-order chi connectivity index (χ1) is 13.8. The monoisotopic (exact) mass is 408 g/mol. The molecule has 1 aromatic carbocycles. The zero-order chi connectivity index (χ0) is 18.9. The lowest BCUT2D eigenvalue weighted by atomic mass is 10.2. The van der Waals surface area contributed by atoms with Gasteiger partial charge in [0.05, 0.1) is 21.5 Å². The second-order valence-electron chi connectivity index (χ2n) is 5.81. The van der Waals surface area contributed by atoms with E-state index in [1.165, 1.54) is 22.7 Å². The van der Waals surface area contributed by atoms with Gasteiger partial charge < -0.3 is 4.52 Å². The summed E-state index contributed by atoms with van der Waals surface area (Å²) in [6, 6.07) is 13.1. The van der Waals surface area contributed by atoms with Crippen LogP contribution in [0.15, 0.2) is 68.6 Å². The van der Waals surface area contributed by atoms with E-state index in [1.54, 1.807) is 17.4 Å². The largest absolute Gasteiger partial charge is 0.355 e. The minimum absolute atomic E-state index is 0.204. The Kier molecular flexibility index (Phi) is 4.26. The molecule has 0 amide bonds. The van der Waals surface area contributed by atoms with E-state index in [-0.39, 0.29) is 5.56 Å². The van der Waals surface area contributed by atoms with E-state index in [9.17, 15) is 4.79 Å². The minimum atomic E-state index is -0.204. The predicted molar refractivity (Wildman–Crippen MR) is 107 cm³/mol. The average molecular weight is 408 g/mol. The van der Waals surface area contributed by atoms with Gasteiger partial charge in [-0.25, -0.2) is 14.6 Å². The van der Waals surface area contributed by atoms with Crippen LogP contribution in [0.5, 0.6) is 0 Å². The molecule has 0 fully saturated rings. The number of para-hydroxylation sites is 1. The summed E-state index contributed by atoms with van der Waals surface area (Å²) < 4.78 is 6.85. The molecule has 0 spiro atoms. The van der Waals surface area contributed by atoms with Gasteiger partial charge in [0.2, 0.25) is 5.95 Å². The lowest BCUT2D eigenvalue weighted by Gasteiger charge is -2.09. The Morgan fingerprint density at radius 3 is 2.96 bits per heavy atom. The van der Waals surface area contributed by atoms with Crippen LogP contribution in [0.25, 0.3) is 27.5 Å². The molecule has 4 aromatic heterocycles. The molecule has 8 nitrogen and oxygen atoms in total. The van der Waals surface area contributed by atoms with Gasteiger partial charge >= 0.3 is 0 Å². The van der Waals surface area contributed by atoms with Crippen LogP contribution < -0.4 is 5.56 Å². The Hall–Kier alpha value is -3.24. The molecule has 138 valence electrons. The van der Waals surface area contributed by atoms with E-state index in [0.717, 1.165) is 16.3 Å². The lowest BCUT2D eigenvalue weighted by molar-refractivity contribution is 0.427. The summed E-state index contributed by atoms with van der Waals surface area (Å²) in [5, 5.41) is 13.7. The van der Waals surface area contributed by atoms with Crippen molar-refractivity contribution in [2.75, 3.05) is 0 Å². The van der Waals surface area contributed by atoms with Crippen LogP contribution in [0, 0.1) is 0 Å². The van der Waals surface area contributed by atoms with Crippen molar-refractivity contribution in [1.82, 2.24) is 29.9 Å². The SMILES string of the molecule is O=c1c2ccccc2nc(SCc2cc(-c3cccs3)on2)n1-c1ncn[nH]1. The highest BCUT2D eigenvalue weighted by molar-refractivity contribution is 7.98. The first kappa shape index (κ1) is 16.9. The molecule has 0 unspecified atom stereocenters. The van der Waals surface area contributed by atoms with Crippen LogP contribution in [0.3, 0.4) is 0 Å². The standard InChI is InChI=1S/C18H12N6O2S2/c25-16-12-4-1-2-5-13(12)21-18(24(16)17-19-10-20-22-17)28-9-11-8-14(26-23-11)15-6-3-7-27-15/h1-8,10H,9H2,(H,19,20,22). The molecule has 0 aliphatic carbocycles. The molecule has 0 aliphatic heterocycles. The number of nitrogens with zero attached hydrogens (tertiary/aromatic N) is 5. The van der Waals surface area contributed by atoms with Crippen molar-refractivity contribution in [2.45, 2.75) is 10.9 Å². The molecule has 10 heteroatoms. The van der Waals surface area contributed by atoms with E-state index in [4.69, 9.17) is 4.52 Å². The summed E-state index contributed by atoms with van der Waals surface area (Å²) in [5.41, 5.74) is 1.19. The van der Waals surface area contributed by atoms with Crippen molar-refractivity contribution < 1.29 is 4.52 Å². The Morgan fingerprint density at radius 1 is 1.21 bits per heavy atom. The molecule has 5 aromatic rings. The number of benzene rings is 1. The molecule has 4 heterocycles. The average Bonchev–Trinajstić information content (AvgIpc) is 3.48. The lowest BCUT2D eigenvalue weighted by Crippen LogP contribution is -2.22. The maximum atomic E-state index is 13.0. The molecule has 0 radical (unpaired) electrons. The maximum absolute atomic E-state index is 13.0. The smallest absolute Gasteiger partial charge is 0.269 e. The summed E-state index contributed by atoms with van der Waals surface area (Å²) >= 11 is 2.97. The highest BCUT2D eigenvalue weighted by Crippen LogP contribution is 2.28. The number of hydrogen-bond acceptors (Lipinski definition) is 8. The molecule has 28 heavy (non-hydrogen) atoms. The van der Waals surface area contributed by atoms with Crippen molar-refractivity contribution in [3.8, 4) is 16.6 Å². The van der Waals surface area contributed by atoms with Crippen molar-refractivity contribution >= 4 is 34.0 Å². The normalized spacial score (nSPS) is 11.3. The highest BCUT2D eigenvalue weighted by Gasteiger charge is 2.16. The molecule has 1 N–H and O–H groups in total.